The second-order valence-electron chi connectivity index (χ2n) is 4.46. The summed E-state index contributed by atoms with van der Waals surface area (Å²) in [6.07, 6.45) is 6.64. The standard InChI is InChI=1S/C12H12BN3S/c1-7-3-8(13)11-9(4-7)17-10-5-14-6-15-12(10)16(11)2/h4-7H,3H2,1-2H3. The molecule has 0 amide bonds. The van der Waals surface area contributed by atoms with Gasteiger partial charge < -0.3 is 4.90 Å². The van der Waals surface area contributed by atoms with Gasteiger partial charge in [0.15, 0.2) is 0 Å². The van der Waals surface area contributed by atoms with Gasteiger partial charge in [0, 0.05) is 23.8 Å². The summed E-state index contributed by atoms with van der Waals surface area (Å²) in [6, 6.07) is 0. The van der Waals surface area contributed by atoms with E-state index in [1.165, 1.54) is 4.91 Å². The molecule has 2 heterocycles. The van der Waals surface area contributed by atoms with E-state index in [1.54, 1.807) is 18.1 Å². The predicted molar refractivity (Wildman–Crippen MR) is 70.9 cm³/mol. The van der Waals surface area contributed by atoms with E-state index >= 15 is 0 Å². The molecular weight excluding hydrogens is 229 g/mol. The van der Waals surface area contributed by atoms with E-state index in [9.17, 15) is 0 Å². The van der Waals surface area contributed by atoms with Crippen molar-refractivity contribution in [3.8, 4) is 0 Å². The van der Waals surface area contributed by atoms with Crippen molar-refractivity contribution in [1.82, 2.24) is 9.97 Å². The molecule has 5 heteroatoms. The average molecular weight is 241 g/mol. The molecule has 0 aromatic carbocycles. The number of thioether (sulfide) groups is 1. The number of aromatic nitrogens is 2. The summed E-state index contributed by atoms with van der Waals surface area (Å²) in [7, 11) is 8.18. The molecule has 0 N–H and O–H groups in total. The van der Waals surface area contributed by atoms with Crippen LogP contribution in [-0.4, -0.2) is 24.9 Å². The van der Waals surface area contributed by atoms with Crippen molar-refractivity contribution in [2.24, 2.45) is 5.92 Å². The van der Waals surface area contributed by atoms with Crippen molar-refractivity contribution in [2.75, 3.05) is 11.9 Å². The number of hydrogen-bond acceptors (Lipinski definition) is 4. The van der Waals surface area contributed by atoms with Crippen molar-refractivity contribution in [3.05, 3.63) is 34.7 Å². The molecule has 0 saturated carbocycles. The quantitative estimate of drug-likeness (QED) is 0.652. The van der Waals surface area contributed by atoms with Gasteiger partial charge in [0.2, 0.25) is 0 Å². The lowest BCUT2D eigenvalue weighted by atomic mass is 9.81. The summed E-state index contributed by atoms with van der Waals surface area (Å²) in [6.45, 7) is 2.19. The number of hydrogen-bond donors (Lipinski definition) is 0. The largest absolute Gasteiger partial charge is 0.328 e. The van der Waals surface area contributed by atoms with Crippen molar-refractivity contribution in [1.29, 1.82) is 0 Å². The minimum absolute atomic E-state index is 0.501. The molecule has 2 radical (unpaired) electrons. The lowest BCUT2D eigenvalue weighted by Crippen LogP contribution is -2.26. The first kappa shape index (κ1) is 10.9. The first-order valence-corrected chi connectivity index (χ1v) is 6.41. The van der Waals surface area contributed by atoms with E-state index in [0.717, 1.165) is 28.3 Å². The molecule has 2 aliphatic rings. The smallest absolute Gasteiger partial charge is 0.150 e. The molecule has 17 heavy (non-hydrogen) atoms. The summed E-state index contributed by atoms with van der Waals surface area (Å²) in [5.74, 6) is 1.44. The van der Waals surface area contributed by atoms with Gasteiger partial charge >= 0.3 is 0 Å². The zero-order valence-corrected chi connectivity index (χ0v) is 10.7. The SMILES string of the molecule is [B]C1=C2C(=CC(C)C1)Sc1cncnc1N2C. The third-order valence-electron chi connectivity index (χ3n) is 3.05. The van der Waals surface area contributed by atoms with Crippen LogP contribution in [0.3, 0.4) is 0 Å². The van der Waals surface area contributed by atoms with Gasteiger partial charge in [-0.1, -0.05) is 30.2 Å². The molecule has 1 aromatic heterocycles. The minimum atomic E-state index is 0.501. The van der Waals surface area contributed by atoms with Gasteiger partial charge in [-0.15, -0.1) is 0 Å². The van der Waals surface area contributed by atoms with E-state index in [-0.39, 0.29) is 0 Å². The van der Waals surface area contributed by atoms with Gasteiger partial charge in [-0.2, -0.15) is 0 Å². The Morgan fingerprint density at radius 2 is 2.35 bits per heavy atom. The van der Waals surface area contributed by atoms with E-state index in [0.29, 0.717) is 5.92 Å². The first-order valence-electron chi connectivity index (χ1n) is 5.59. The monoisotopic (exact) mass is 241 g/mol. The van der Waals surface area contributed by atoms with Crippen LogP contribution >= 0.6 is 11.8 Å². The fourth-order valence-corrected chi connectivity index (χ4v) is 3.62. The van der Waals surface area contributed by atoms with E-state index in [2.05, 4.69) is 27.9 Å². The molecule has 1 unspecified atom stereocenters. The molecule has 0 fully saturated rings. The van der Waals surface area contributed by atoms with Gasteiger partial charge in [-0.3, -0.25) is 0 Å². The number of fused-ring (bicyclic) bond motifs is 2. The molecule has 0 bridgehead atoms. The Hall–Kier alpha value is -1.23. The number of rotatable bonds is 0. The fraction of sp³-hybridized carbons (Fsp3) is 0.333. The number of nitrogens with zero attached hydrogens (tertiary/aromatic N) is 3. The Balaban J connectivity index is 2.16. The molecule has 84 valence electrons. The third-order valence-corrected chi connectivity index (χ3v) is 4.10. The second kappa shape index (κ2) is 3.91. The van der Waals surface area contributed by atoms with Crippen LogP contribution in [0.25, 0.3) is 0 Å². The maximum absolute atomic E-state index is 6.17. The zero-order valence-electron chi connectivity index (χ0n) is 9.84. The minimum Gasteiger partial charge on any atom is -0.328 e. The second-order valence-corrected chi connectivity index (χ2v) is 5.54. The summed E-state index contributed by atoms with van der Waals surface area (Å²) in [4.78, 5) is 12.8. The maximum atomic E-state index is 6.17. The normalized spacial score (nSPS) is 23.1. The number of allylic oxidation sites excluding steroid dienone is 2. The van der Waals surface area contributed by atoms with Gasteiger partial charge in [0.05, 0.1) is 4.90 Å². The lowest BCUT2D eigenvalue weighted by molar-refractivity contribution is 0.713. The average Bonchev–Trinajstić information content (AvgIpc) is 2.28. The van der Waals surface area contributed by atoms with Crippen molar-refractivity contribution >= 4 is 25.4 Å². The molecule has 3 nitrogen and oxygen atoms in total. The number of anilines is 1. The van der Waals surface area contributed by atoms with Crippen LogP contribution in [0, 0.1) is 5.92 Å². The summed E-state index contributed by atoms with van der Waals surface area (Å²) < 4.78 is 0. The van der Waals surface area contributed by atoms with Gasteiger partial charge in [-0.25, -0.2) is 9.97 Å². The summed E-state index contributed by atoms with van der Waals surface area (Å²) in [5, 5.41) is 0. The highest BCUT2D eigenvalue weighted by atomic mass is 32.2. The van der Waals surface area contributed by atoms with Crippen LogP contribution in [-0.2, 0) is 0 Å². The zero-order chi connectivity index (χ0) is 12.0. The van der Waals surface area contributed by atoms with E-state index < -0.39 is 0 Å². The highest BCUT2D eigenvalue weighted by Crippen LogP contribution is 2.47. The maximum Gasteiger partial charge on any atom is 0.150 e. The van der Waals surface area contributed by atoms with Crippen molar-refractivity contribution in [3.63, 3.8) is 0 Å². The van der Waals surface area contributed by atoms with Crippen LogP contribution in [0.1, 0.15) is 13.3 Å². The predicted octanol–water partition coefficient (Wildman–Crippen LogP) is 2.32. The van der Waals surface area contributed by atoms with Crippen LogP contribution in [0.4, 0.5) is 5.82 Å². The Morgan fingerprint density at radius 1 is 1.53 bits per heavy atom. The summed E-state index contributed by atoms with van der Waals surface area (Å²) in [5.41, 5.74) is 2.06. The van der Waals surface area contributed by atoms with Gasteiger partial charge in [-0.05, 0) is 12.3 Å². The highest BCUT2D eigenvalue weighted by Gasteiger charge is 2.28. The van der Waals surface area contributed by atoms with Crippen LogP contribution in [0.2, 0.25) is 0 Å². The van der Waals surface area contributed by atoms with Crippen molar-refractivity contribution < 1.29 is 0 Å². The molecule has 1 aliphatic carbocycles. The Morgan fingerprint density at radius 3 is 3.18 bits per heavy atom. The number of likely N-dealkylation sites (N-methyl/N-ethyl adjacent to an activating group) is 1. The Bertz CT molecular complexity index is 538. The van der Waals surface area contributed by atoms with Crippen LogP contribution in [0.15, 0.2) is 39.6 Å². The van der Waals surface area contributed by atoms with Gasteiger partial charge in [0.25, 0.3) is 0 Å². The third kappa shape index (κ3) is 1.69. The Labute approximate surface area is 106 Å². The van der Waals surface area contributed by atoms with E-state index in [4.69, 9.17) is 7.85 Å². The molecule has 0 saturated heterocycles. The molecule has 3 rings (SSSR count). The van der Waals surface area contributed by atoms with Crippen molar-refractivity contribution in [2.45, 2.75) is 18.2 Å². The van der Waals surface area contributed by atoms with Gasteiger partial charge in [0.1, 0.15) is 20.0 Å². The fourth-order valence-electron chi connectivity index (χ4n) is 2.32. The van der Waals surface area contributed by atoms with Crippen LogP contribution < -0.4 is 4.90 Å². The van der Waals surface area contributed by atoms with Crippen LogP contribution in [0.5, 0.6) is 0 Å². The molecular formula is C12H12BN3S. The Kier molecular flexibility index (Phi) is 2.51. The van der Waals surface area contributed by atoms with E-state index in [1.807, 2.05) is 13.2 Å². The molecule has 1 atom stereocenters. The molecule has 0 spiro atoms. The topological polar surface area (TPSA) is 29.0 Å². The summed E-state index contributed by atoms with van der Waals surface area (Å²) >= 11 is 1.71. The lowest BCUT2D eigenvalue weighted by Gasteiger charge is -2.35. The molecule has 1 aromatic rings. The first-order chi connectivity index (χ1) is 8.16. The highest BCUT2D eigenvalue weighted by molar-refractivity contribution is 8.03. The molecule has 1 aliphatic heterocycles.